The summed E-state index contributed by atoms with van der Waals surface area (Å²) in [6, 6.07) is 12.4. The van der Waals surface area contributed by atoms with Crippen LogP contribution >= 0.6 is 23.2 Å². The number of ether oxygens (including phenoxy) is 2. The van der Waals surface area contributed by atoms with E-state index < -0.39 is 0 Å². The Morgan fingerprint density at radius 1 is 1.00 bits per heavy atom. The lowest BCUT2D eigenvalue weighted by Gasteiger charge is -2.04. The molecule has 0 aliphatic heterocycles. The standard InChI is InChI=1S/C16H12Cl2N2O3/c1-21-11-4-2-10(3-5-11)16-19-15(23-20-16)9-22-12-6-7-13(17)14(18)8-12/h2-8H,9H2,1H3. The molecular weight excluding hydrogens is 339 g/mol. The normalized spacial score (nSPS) is 10.6. The molecule has 0 N–H and O–H groups in total. The molecule has 0 amide bonds. The average Bonchev–Trinajstić information content (AvgIpc) is 3.05. The first-order valence-corrected chi connectivity index (χ1v) is 7.46. The highest BCUT2D eigenvalue weighted by Crippen LogP contribution is 2.27. The zero-order chi connectivity index (χ0) is 16.2. The monoisotopic (exact) mass is 350 g/mol. The quantitative estimate of drug-likeness (QED) is 0.671. The van der Waals surface area contributed by atoms with E-state index in [1.807, 2.05) is 24.3 Å². The van der Waals surface area contributed by atoms with Gasteiger partial charge < -0.3 is 14.0 Å². The first-order chi connectivity index (χ1) is 11.2. The Morgan fingerprint density at radius 3 is 2.43 bits per heavy atom. The highest BCUT2D eigenvalue weighted by Gasteiger charge is 2.10. The number of rotatable bonds is 5. The molecule has 0 saturated heterocycles. The third kappa shape index (κ3) is 3.75. The molecule has 0 fully saturated rings. The molecule has 0 spiro atoms. The van der Waals surface area contributed by atoms with Crippen LogP contribution in [0, 0.1) is 0 Å². The highest BCUT2D eigenvalue weighted by molar-refractivity contribution is 6.42. The van der Waals surface area contributed by atoms with E-state index in [9.17, 15) is 0 Å². The Balaban J connectivity index is 1.67. The number of benzene rings is 2. The van der Waals surface area contributed by atoms with Crippen LogP contribution < -0.4 is 9.47 Å². The summed E-state index contributed by atoms with van der Waals surface area (Å²) in [5.74, 6) is 2.19. The van der Waals surface area contributed by atoms with Gasteiger partial charge in [0.25, 0.3) is 5.89 Å². The van der Waals surface area contributed by atoms with Gasteiger partial charge in [0.05, 0.1) is 17.2 Å². The zero-order valence-corrected chi connectivity index (χ0v) is 13.6. The molecule has 0 aliphatic carbocycles. The minimum atomic E-state index is 0.140. The predicted octanol–water partition coefficient (Wildman–Crippen LogP) is 4.63. The van der Waals surface area contributed by atoms with Crippen molar-refractivity contribution in [2.45, 2.75) is 6.61 Å². The molecule has 0 radical (unpaired) electrons. The van der Waals surface area contributed by atoms with Crippen LogP contribution in [-0.2, 0) is 6.61 Å². The second-order valence-corrected chi connectivity index (χ2v) is 5.42. The molecule has 118 valence electrons. The molecular formula is C16H12Cl2N2O3. The predicted molar refractivity (Wildman–Crippen MR) is 87.1 cm³/mol. The first kappa shape index (κ1) is 15.6. The van der Waals surface area contributed by atoms with Crippen molar-refractivity contribution >= 4 is 23.2 Å². The topological polar surface area (TPSA) is 57.4 Å². The number of halogens is 2. The Kier molecular flexibility index (Phi) is 4.69. The van der Waals surface area contributed by atoms with Crippen molar-refractivity contribution in [1.29, 1.82) is 0 Å². The van der Waals surface area contributed by atoms with Gasteiger partial charge in [0.1, 0.15) is 11.5 Å². The minimum absolute atomic E-state index is 0.140. The fraction of sp³-hybridized carbons (Fsp3) is 0.125. The maximum absolute atomic E-state index is 5.93. The first-order valence-electron chi connectivity index (χ1n) is 6.70. The van der Waals surface area contributed by atoms with Gasteiger partial charge in [-0.05, 0) is 36.4 Å². The maximum Gasteiger partial charge on any atom is 0.264 e. The molecule has 2 aromatic carbocycles. The van der Waals surface area contributed by atoms with Gasteiger partial charge in [0.2, 0.25) is 5.82 Å². The Hall–Kier alpha value is -2.24. The molecule has 1 heterocycles. The van der Waals surface area contributed by atoms with Crippen molar-refractivity contribution < 1.29 is 14.0 Å². The van der Waals surface area contributed by atoms with Crippen molar-refractivity contribution in [2.75, 3.05) is 7.11 Å². The van der Waals surface area contributed by atoms with Crippen molar-refractivity contribution in [1.82, 2.24) is 10.1 Å². The zero-order valence-electron chi connectivity index (χ0n) is 12.1. The van der Waals surface area contributed by atoms with Crippen LogP contribution in [-0.4, -0.2) is 17.3 Å². The van der Waals surface area contributed by atoms with Crippen LogP contribution in [0.1, 0.15) is 5.89 Å². The second kappa shape index (κ2) is 6.89. The highest BCUT2D eigenvalue weighted by atomic mass is 35.5. The molecule has 5 nitrogen and oxygen atoms in total. The number of aromatic nitrogens is 2. The molecule has 3 rings (SSSR count). The van der Waals surface area contributed by atoms with E-state index in [0.29, 0.717) is 27.5 Å². The fourth-order valence-electron chi connectivity index (χ4n) is 1.88. The number of hydrogen-bond acceptors (Lipinski definition) is 5. The lowest BCUT2D eigenvalue weighted by molar-refractivity contribution is 0.243. The van der Waals surface area contributed by atoms with Crippen LogP contribution in [0.4, 0.5) is 0 Å². The lowest BCUT2D eigenvalue weighted by Crippen LogP contribution is -1.95. The summed E-state index contributed by atoms with van der Waals surface area (Å²) < 4.78 is 15.8. The van der Waals surface area contributed by atoms with Gasteiger partial charge in [-0.15, -0.1) is 0 Å². The van der Waals surface area contributed by atoms with Gasteiger partial charge in [-0.3, -0.25) is 0 Å². The molecule has 0 saturated carbocycles. The van der Waals surface area contributed by atoms with Crippen LogP contribution in [0.25, 0.3) is 11.4 Å². The molecule has 23 heavy (non-hydrogen) atoms. The third-order valence-corrected chi connectivity index (χ3v) is 3.81. The molecule has 0 atom stereocenters. The van der Waals surface area contributed by atoms with Gasteiger partial charge >= 0.3 is 0 Å². The van der Waals surface area contributed by atoms with E-state index in [4.69, 9.17) is 37.2 Å². The maximum atomic E-state index is 5.93. The summed E-state index contributed by atoms with van der Waals surface area (Å²) in [6.45, 7) is 0.140. The summed E-state index contributed by atoms with van der Waals surface area (Å²) in [5, 5.41) is 4.83. The van der Waals surface area contributed by atoms with Gasteiger partial charge in [0, 0.05) is 11.6 Å². The summed E-state index contributed by atoms with van der Waals surface area (Å²) in [5.41, 5.74) is 0.829. The largest absolute Gasteiger partial charge is 0.497 e. The SMILES string of the molecule is COc1ccc(-c2noc(COc3ccc(Cl)c(Cl)c3)n2)cc1. The van der Waals surface area contributed by atoms with Crippen LogP contribution in [0.2, 0.25) is 10.0 Å². The smallest absolute Gasteiger partial charge is 0.264 e. The van der Waals surface area contributed by atoms with E-state index in [0.717, 1.165) is 11.3 Å². The van der Waals surface area contributed by atoms with E-state index in [-0.39, 0.29) is 6.61 Å². The summed E-state index contributed by atoms with van der Waals surface area (Å²) in [7, 11) is 1.61. The summed E-state index contributed by atoms with van der Waals surface area (Å²) >= 11 is 11.8. The number of methoxy groups -OCH3 is 1. The Labute approximate surface area is 142 Å². The third-order valence-electron chi connectivity index (χ3n) is 3.07. The van der Waals surface area contributed by atoms with Crippen molar-refractivity contribution in [2.24, 2.45) is 0 Å². The Bertz CT molecular complexity index is 803. The van der Waals surface area contributed by atoms with Gasteiger partial charge in [-0.25, -0.2) is 0 Å². The average molecular weight is 351 g/mol. The molecule has 0 unspecified atom stereocenters. The van der Waals surface area contributed by atoms with Gasteiger partial charge in [-0.1, -0.05) is 28.4 Å². The van der Waals surface area contributed by atoms with Crippen molar-refractivity contribution in [3.63, 3.8) is 0 Å². The van der Waals surface area contributed by atoms with Crippen LogP contribution in [0.15, 0.2) is 47.0 Å². The van der Waals surface area contributed by atoms with E-state index in [1.165, 1.54) is 0 Å². The lowest BCUT2D eigenvalue weighted by atomic mass is 10.2. The number of hydrogen-bond donors (Lipinski definition) is 0. The molecule has 3 aromatic rings. The fourth-order valence-corrected chi connectivity index (χ4v) is 2.17. The Morgan fingerprint density at radius 2 is 1.74 bits per heavy atom. The van der Waals surface area contributed by atoms with Gasteiger partial charge in [0.15, 0.2) is 6.61 Å². The van der Waals surface area contributed by atoms with Gasteiger partial charge in [-0.2, -0.15) is 4.98 Å². The summed E-state index contributed by atoms with van der Waals surface area (Å²) in [4.78, 5) is 4.29. The molecule has 1 aromatic heterocycles. The molecule has 0 bridgehead atoms. The number of nitrogens with zero attached hydrogens (tertiary/aromatic N) is 2. The molecule has 0 aliphatic rings. The van der Waals surface area contributed by atoms with E-state index in [1.54, 1.807) is 25.3 Å². The van der Waals surface area contributed by atoms with Crippen molar-refractivity contribution in [3.05, 3.63) is 58.4 Å². The van der Waals surface area contributed by atoms with Crippen molar-refractivity contribution in [3.8, 4) is 22.9 Å². The second-order valence-electron chi connectivity index (χ2n) is 4.60. The summed E-state index contributed by atoms with van der Waals surface area (Å²) in [6.07, 6.45) is 0. The van der Waals surface area contributed by atoms with Crippen LogP contribution in [0.3, 0.4) is 0 Å². The van der Waals surface area contributed by atoms with Crippen LogP contribution in [0.5, 0.6) is 11.5 Å². The van der Waals surface area contributed by atoms with E-state index >= 15 is 0 Å². The minimum Gasteiger partial charge on any atom is -0.497 e. The van der Waals surface area contributed by atoms with E-state index in [2.05, 4.69) is 10.1 Å². The molecule has 7 heteroatoms.